The molecular formula is C19H33IN4O. The van der Waals surface area contributed by atoms with Gasteiger partial charge in [0.15, 0.2) is 5.96 Å². The summed E-state index contributed by atoms with van der Waals surface area (Å²) < 4.78 is 5.30. The van der Waals surface area contributed by atoms with E-state index in [1.54, 1.807) is 7.11 Å². The van der Waals surface area contributed by atoms with Gasteiger partial charge >= 0.3 is 0 Å². The van der Waals surface area contributed by atoms with Crippen molar-refractivity contribution in [3.05, 3.63) is 29.8 Å². The minimum Gasteiger partial charge on any atom is -0.497 e. The second kappa shape index (κ2) is 10.9. The van der Waals surface area contributed by atoms with Crippen LogP contribution in [-0.4, -0.2) is 75.6 Å². The number of piperidine rings is 1. The Balaban J connectivity index is 0.00000312. The van der Waals surface area contributed by atoms with Gasteiger partial charge < -0.3 is 14.5 Å². The lowest BCUT2D eigenvalue weighted by atomic mass is 10.0. The second-order valence-corrected chi connectivity index (χ2v) is 6.82. The van der Waals surface area contributed by atoms with Crippen LogP contribution in [0.4, 0.5) is 0 Å². The van der Waals surface area contributed by atoms with Crippen LogP contribution in [0.5, 0.6) is 5.75 Å². The zero-order valence-electron chi connectivity index (χ0n) is 16.2. The number of rotatable bonds is 5. The van der Waals surface area contributed by atoms with Gasteiger partial charge in [0.2, 0.25) is 0 Å². The van der Waals surface area contributed by atoms with Crippen LogP contribution in [0.25, 0.3) is 0 Å². The van der Waals surface area contributed by atoms with Crippen molar-refractivity contribution >= 4 is 29.9 Å². The normalized spacial score (nSPS) is 15.7. The monoisotopic (exact) mass is 460 g/mol. The van der Waals surface area contributed by atoms with Crippen LogP contribution >= 0.6 is 24.0 Å². The summed E-state index contributed by atoms with van der Waals surface area (Å²) in [6, 6.07) is 8.78. The first kappa shape index (κ1) is 22.0. The highest BCUT2D eigenvalue weighted by Gasteiger charge is 2.22. The fourth-order valence-electron chi connectivity index (χ4n) is 3.34. The molecule has 142 valence electrons. The topological polar surface area (TPSA) is 31.3 Å². The van der Waals surface area contributed by atoms with Crippen LogP contribution < -0.4 is 4.74 Å². The minimum atomic E-state index is 0. The molecule has 0 saturated carbocycles. The third-order valence-corrected chi connectivity index (χ3v) is 4.54. The molecule has 0 radical (unpaired) electrons. The van der Waals surface area contributed by atoms with E-state index in [1.165, 1.54) is 24.8 Å². The molecule has 1 aromatic rings. The van der Waals surface area contributed by atoms with E-state index in [9.17, 15) is 0 Å². The standard InChI is InChI=1S/C19H32N4O.HI/c1-21(2)19(22(3)4)20-15-18(23-13-7-6-8-14-23)16-9-11-17(24-5)12-10-16;/h9-12,18H,6-8,13-15H2,1-5H3;1H. The van der Waals surface area contributed by atoms with Gasteiger partial charge in [0.25, 0.3) is 0 Å². The van der Waals surface area contributed by atoms with Gasteiger partial charge in [0.1, 0.15) is 5.75 Å². The number of likely N-dealkylation sites (tertiary alicyclic amines) is 1. The van der Waals surface area contributed by atoms with Crippen LogP contribution in [0.3, 0.4) is 0 Å². The summed E-state index contributed by atoms with van der Waals surface area (Å²) in [6.07, 6.45) is 3.91. The van der Waals surface area contributed by atoms with Gasteiger partial charge in [0.05, 0.1) is 19.7 Å². The summed E-state index contributed by atoms with van der Waals surface area (Å²) in [4.78, 5) is 11.6. The first-order chi connectivity index (χ1) is 11.5. The highest BCUT2D eigenvalue weighted by molar-refractivity contribution is 14.0. The number of halogens is 1. The molecule has 1 saturated heterocycles. The van der Waals surface area contributed by atoms with E-state index in [0.29, 0.717) is 6.04 Å². The van der Waals surface area contributed by atoms with Gasteiger partial charge in [-0.05, 0) is 43.6 Å². The number of ether oxygens (including phenoxy) is 1. The van der Waals surface area contributed by atoms with Crippen molar-refractivity contribution < 1.29 is 4.74 Å². The van der Waals surface area contributed by atoms with Crippen molar-refractivity contribution in [2.75, 3.05) is 54.9 Å². The van der Waals surface area contributed by atoms with E-state index < -0.39 is 0 Å². The van der Waals surface area contributed by atoms with Crippen molar-refractivity contribution in [2.24, 2.45) is 4.99 Å². The Morgan fingerprint density at radius 1 is 1.04 bits per heavy atom. The number of methoxy groups -OCH3 is 1. The quantitative estimate of drug-likeness (QED) is 0.384. The molecule has 5 nitrogen and oxygen atoms in total. The lowest BCUT2D eigenvalue weighted by Gasteiger charge is -2.34. The lowest BCUT2D eigenvalue weighted by molar-refractivity contribution is 0.167. The molecule has 0 bridgehead atoms. The first-order valence-corrected chi connectivity index (χ1v) is 8.80. The van der Waals surface area contributed by atoms with Gasteiger partial charge in [-0.2, -0.15) is 0 Å². The van der Waals surface area contributed by atoms with Crippen molar-refractivity contribution in [1.29, 1.82) is 0 Å². The molecule has 1 heterocycles. The molecule has 2 rings (SSSR count). The van der Waals surface area contributed by atoms with E-state index in [0.717, 1.165) is 31.3 Å². The molecule has 1 aliphatic rings. The van der Waals surface area contributed by atoms with Crippen LogP contribution in [0.15, 0.2) is 29.3 Å². The van der Waals surface area contributed by atoms with Crippen LogP contribution in [0.1, 0.15) is 30.9 Å². The zero-order chi connectivity index (χ0) is 17.5. The van der Waals surface area contributed by atoms with Crippen LogP contribution in [-0.2, 0) is 0 Å². The van der Waals surface area contributed by atoms with E-state index in [1.807, 2.05) is 28.2 Å². The average molecular weight is 460 g/mol. The first-order valence-electron chi connectivity index (χ1n) is 8.80. The molecule has 0 aliphatic carbocycles. The number of guanidine groups is 1. The molecule has 0 aromatic heterocycles. The maximum atomic E-state index is 5.30. The number of hydrogen-bond acceptors (Lipinski definition) is 3. The minimum absolute atomic E-state index is 0. The Kier molecular flexibility index (Phi) is 9.56. The zero-order valence-corrected chi connectivity index (χ0v) is 18.6. The Morgan fingerprint density at radius 3 is 2.08 bits per heavy atom. The van der Waals surface area contributed by atoms with Crippen LogP contribution in [0, 0.1) is 0 Å². The summed E-state index contributed by atoms with van der Waals surface area (Å²) in [5.41, 5.74) is 1.32. The summed E-state index contributed by atoms with van der Waals surface area (Å²) in [5.74, 6) is 1.91. The highest BCUT2D eigenvalue weighted by atomic mass is 127. The fourth-order valence-corrected chi connectivity index (χ4v) is 3.34. The van der Waals surface area contributed by atoms with E-state index >= 15 is 0 Å². The van der Waals surface area contributed by atoms with Crippen LogP contribution in [0.2, 0.25) is 0 Å². The van der Waals surface area contributed by atoms with Gasteiger partial charge in [-0.3, -0.25) is 9.89 Å². The van der Waals surface area contributed by atoms with Gasteiger partial charge in [-0.1, -0.05) is 18.6 Å². The maximum absolute atomic E-state index is 5.30. The summed E-state index contributed by atoms with van der Waals surface area (Å²) in [5, 5.41) is 0. The largest absolute Gasteiger partial charge is 0.497 e. The Hall–Kier alpha value is -1.02. The molecule has 1 aromatic carbocycles. The summed E-state index contributed by atoms with van der Waals surface area (Å²) in [6.45, 7) is 3.09. The molecule has 1 unspecified atom stereocenters. The molecular weight excluding hydrogens is 427 g/mol. The van der Waals surface area contributed by atoms with Crippen molar-refractivity contribution in [1.82, 2.24) is 14.7 Å². The molecule has 25 heavy (non-hydrogen) atoms. The molecule has 1 fully saturated rings. The average Bonchev–Trinajstić information content (AvgIpc) is 2.59. The maximum Gasteiger partial charge on any atom is 0.195 e. The lowest BCUT2D eigenvalue weighted by Crippen LogP contribution is -2.38. The van der Waals surface area contributed by atoms with Crippen molar-refractivity contribution in [3.63, 3.8) is 0 Å². The number of aliphatic imine (C=N–C) groups is 1. The molecule has 1 aliphatic heterocycles. The van der Waals surface area contributed by atoms with Crippen molar-refractivity contribution in [2.45, 2.75) is 25.3 Å². The van der Waals surface area contributed by atoms with E-state index in [-0.39, 0.29) is 24.0 Å². The summed E-state index contributed by atoms with van der Waals surface area (Å²) >= 11 is 0. The second-order valence-electron chi connectivity index (χ2n) is 6.82. The third kappa shape index (κ3) is 6.33. The third-order valence-electron chi connectivity index (χ3n) is 4.54. The summed E-state index contributed by atoms with van der Waals surface area (Å²) in [7, 11) is 9.89. The SMILES string of the molecule is COc1ccc(C(CN=C(N(C)C)N(C)C)N2CCCCC2)cc1.I. The highest BCUT2D eigenvalue weighted by Crippen LogP contribution is 2.26. The Labute approximate surface area is 170 Å². The Bertz CT molecular complexity index is 515. The molecule has 0 N–H and O–H groups in total. The molecule has 6 heteroatoms. The smallest absolute Gasteiger partial charge is 0.195 e. The molecule has 0 amide bonds. The number of hydrogen-bond donors (Lipinski definition) is 0. The van der Waals surface area contributed by atoms with E-state index in [2.05, 4.69) is 39.0 Å². The number of nitrogens with zero attached hydrogens (tertiary/aromatic N) is 4. The predicted molar refractivity (Wildman–Crippen MR) is 116 cm³/mol. The molecule has 1 atom stereocenters. The number of benzene rings is 1. The predicted octanol–water partition coefficient (Wildman–Crippen LogP) is 3.32. The van der Waals surface area contributed by atoms with Crippen molar-refractivity contribution in [3.8, 4) is 5.75 Å². The van der Waals surface area contributed by atoms with Gasteiger partial charge in [-0.15, -0.1) is 24.0 Å². The van der Waals surface area contributed by atoms with Gasteiger partial charge in [0, 0.05) is 28.2 Å². The van der Waals surface area contributed by atoms with E-state index in [4.69, 9.17) is 9.73 Å². The van der Waals surface area contributed by atoms with Gasteiger partial charge in [-0.25, -0.2) is 0 Å². The fraction of sp³-hybridized carbons (Fsp3) is 0.632. The Morgan fingerprint density at radius 2 is 1.60 bits per heavy atom. The molecule has 0 spiro atoms.